The first kappa shape index (κ1) is 15.2. The highest BCUT2D eigenvalue weighted by Crippen LogP contribution is 2.10. The minimum absolute atomic E-state index is 1.19. The van der Waals surface area contributed by atoms with Crippen LogP contribution in [0.4, 0.5) is 0 Å². The summed E-state index contributed by atoms with van der Waals surface area (Å²) >= 11 is 0. The molecular formula is C16H28. The summed E-state index contributed by atoms with van der Waals surface area (Å²) in [6, 6.07) is 0. The molecule has 0 radical (unpaired) electrons. The van der Waals surface area contributed by atoms with Gasteiger partial charge in [-0.25, -0.2) is 0 Å². The number of hydrogen-bond acceptors (Lipinski definition) is 0. The summed E-state index contributed by atoms with van der Waals surface area (Å²) in [5, 5.41) is 0. The molecule has 0 fully saturated rings. The van der Waals surface area contributed by atoms with Gasteiger partial charge in [0.2, 0.25) is 0 Å². The van der Waals surface area contributed by atoms with Crippen LogP contribution in [-0.4, -0.2) is 0 Å². The maximum atomic E-state index is 3.74. The Hall–Kier alpha value is -0.780. The van der Waals surface area contributed by atoms with Gasteiger partial charge in [0.1, 0.15) is 0 Å². The lowest BCUT2D eigenvalue weighted by Gasteiger charge is -2.00. The van der Waals surface area contributed by atoms with Gasteiger partial charge < -0.3 is 0 Å². The van der Waals surface area contributed by atoms with Gasteiger partial charge in [-0.3, -0.25) is 0 Å². The molecule has 0 aromatic rings. The largest absolute Gasteiger partial charge is 0.103 e. The fourth-order valence-corrected chi connectivity index (χ4v) is 1.80. The normalized spacial score (nSPS) is 10.8. The molecule has 0 saturated heterocycles. The summed E-state index contributed by atoms with van der Waals surface area (Å²) in [5.41, 5.74) is 0. The van der Waals surface area contributed by atoms with Gasteiger partial charge in [-0.15, -0.1) is 6.58 Å². The van der Waals surface area contributed by atoms with Gasteiger partial charge in [0.15, 0.2) is 0 Å². The smallest absolute Gasteiger partial charge is 0.0348 e. The quantitative estimate of drug-likeness (QED) is 0.221. The second-order valence-corrected chi connectivity index (χ2v) is 4.36. The van der Waals surface area contributed by atoms with Gasteiger partial charge in [0.05, 0.1) is 0 Å². The van der Waals surface area contributed by atoms with Crippen molar-refractivity contribution in [3.8, 4) is 0 Å². The van der Waals surface area contributed by atoms with Crippen molar-refractivity contribution in [1.82, 2.24) is 0 Å². The third kappa shape index (κ3) is 13.2. The van der Waals surface area contributed by atoms with Crippen molar-refractivity contribution in [2.45, 2.75) is 64.2 Å². The molecule has 16 heavy (non-hydrogen) atoms. The first-order valence-corrected chi connectivity index (χ1v) is 6.80. The highest BCUT2D eigenvalue weighted by Gasteiger charge is 1.91. The molecule has 0 aromatic carbocycles. The first-order chi connectivity index (χ1) is 7.91. The zero-order chi connectivity index (χ0) is 11.9. The second kappa shape index (κ2) is 14.2. The van der Waals surface area contributed by atoms with E-state index in [-0.39, 0.29) is 0 Å². The van der Waals surface area contributed by atoms with Crippen LogP contribution in [0.2, 0.25) is 0 Å². The maximum absolute atomic E-state index is 3.74. The number of unbranched alkanes of at least 4 members (excludes halogenated alkanes) is 9. The summed E-state index contributed by atoms with van der Waals surface area (Å²) in [5.74, 6) is 0. The zero-order valence-corrected chi connectivity index (χ0v) is 10.8. The van der Waals surface area contributed by atoms with Crippen LogP contribution in [0.1, 0.15) is 64.2 Å². The lowest BCUT2D eigenvalue weighted by atomic mass is 10.1. The van der Waals surface area contributed by atoms with Gasteiger partial charge in [-0.05, 0) is 25.7 Å². The van der Waals surface area contributed by atoms with Crippen LogP contribution in [-0.2, 0) is 0 Å². The van der Waals surface area contributed by atoms with Crippen molar-refractivity contribution in [3.05, 3.63) is 37.5 Å². The van der Waals surface area contributed by atoms with E-state index < -0.39 is 0 Å². The molecule has 92 valence electrons. The Morgan fingerprint density at radius 3 is 1.62 bits per heavy atom. The standard InChI is InChI=1S/C16H28/c1-3-5-7-9-11-13-15-16-14-12-10-8-6-4-2/h3-5,7H,1-2,6,8-16H2. The fraction of sp³-hybridized carbons (Fsp3) is 0.625. The minimum atomic E-state index is 1.19. The summed E-state index contributed by atoms with van der Waals surface area (Å²) in [6.07, 6.45) is 21.6. The average Bonchev–Trinajstić information content (AvgIpc) is 2.31. The van der Waals surface area contributed by atoms with Gasteiger partial charge in [0, 0.05) is 0 Å². The fourth-order valence-electron chi connectivity index (χ4n) is 1.80. The molecule has 0 unspecified atom stereocenters. The topological polar surface area (TPSA) is 0 Å². The Balaban J connectivity index is 2.95. The van der Waals surface area contributed by atoms with E-state index in [1.165, 1.54) is 64.2 Å². The summed E-state index contributed by atoms with van der Waals surface area (Å²) < 4.78 is 0. The number of rotatable bonds is 12. The highest BCUT2D eigenvalue weighted by atomic mass is 14.0. The molecular weight excluding hydrogens is 192 g/mol. The van der Waals surface area contributed by atoms with Crippen LogP contribution in [0.3, 0.4) is 0 Å². The van der Waals surface area contributed by atoms with Crippen molar-refractivity contribution in [3.63, 3.8) is 0 Å². The third-order valence-electron chi connectivity index (χ3n) is 2.80. The van der Waals surface area contributed by atoms with Gasteiger partial charge in [-0.1, -0.05) is 69.4 Å². The molecule has 0 bridgehead atoms. The SMILES string of the molecule is C=CC=CCCCCCCCCCCC=C. The molecule has 0 spiro atoms. The average molecular weight is 220 g/mol. The van der Waals surface area contributed by atoms with Gasteiger partial charge >= 0.3 is 0 Å². The predicted molar refractivity (Wildman–Crippen MR) is 75.7 cm³/mol. The Kier molecular flexibility index (Phi) is 13.5. The van der Waals surface area contributed by atoms with E-state index in [9.17, 15) is 0 Å². The molecule has 0 heterocycles. The van der Waals surface area contributed by atoms with Crippen LogP contribution in [0.5, 0.6) is 0 Å². The van der Waals surface area contributed by atoms with Crippen LogP contribution < -0.4 is 0 Å². The van der Waals surface area contributed by atoms with Crippen LogP contribution in [0.25, 0.3) is 0 Å². The molecule has 0 aliphatic heterocycles. The monoisotopic (exact) mass is 220 g/mol. The molecule has 0 aliphatic rings. The second-order valence-electron chi connectivity index (χ2n) is 4.36. The minimum Gasteiger partial charge on any atom is -0.103 e. The Morgan fingerprint density at radius 1 is 0.625 bits per heavy atom. The lowest BCUT2D eigenvalue weighted by Crippen LogP contribution is -1.80. The summed E-state index contributed by atoms with van der Waals surface area (Å²) in [7, 11) is 0. The Labute approximate surface area is 102 Å². The van der Waals surface area contributed by atoms with E-state index in [4.69, 9.17) is 0 Å². The molecule has 0 saturated carbocycles. The molecule has 0 atom stereocenters. The van der Waals surface area contributed by atoms with Crippen molar-refractivity contribution >= 4 is 0 Å². The number of allylic oxidation sites excluding steroid dienone is 4. The Morgan fingerprint density at radius 2 is 1.12 bits per heavy atom. The Bertz CT molecular complexity index is 176. The van der Waals surface area contributed by atoms with E-state index in [1.807, 2.05) is 18.2 Å². The molecule has 0 heteroatoms. The molecule has 0 N–H and O–H groups in total. The van der Waals surface area contributed by atoms with E-state index in [1.54, 1.807) is 0 Å². The summed E-state index contributed by atoms with van der Waals surface area (Å²) in [4.78, 5) is 0. The molecule has 0 nitrogen and oxygen atoms in total. The van der Waals surface area contributed by atoms with E-state index in [0.29, 0.717) is 0 Å². The van der Waals surface area contributed by atoms with Crippen molar-refractivity contribution in [2.24, 2.45) is 0 Å². The zero-order valence-electron chi connectivity index (χ0n) is 10.8. The molecule has 0 aliphatic carbocycles. The van der Waals surface area contributed by atoms with Crippen molar-refractivity contribution < 1.29 is 0 Å². The predicted octanol–water partition coefficient (Wildman–Crippen LogP) is 5.82. The maximum Gasteiger partial charge on any atom is -0.0348 e. The van der Waals surface area contributed by atoms with Gasteiger partial charge in [0.25, 0.3) is 0 Å². The van der Waals surface area contributed by atoms with Crippen molar-refractivity contribution in [1.29, 1.82) is 0 Å². The van der Waals surface area contributed by atoms with E-state index >= 15 is 0 Å². The molecule has 0 rings (SSSR count). The van der Waals surface area contributed by atoms with E-state index in [0.717, 1.165) is 0 Å². The van der Waals surface area contributed by atoms with Crippen LogP contribution >= 0.6 is 0 Å². The molecule has 0 aromatic heterocycles. The van der Waals surface area contributed by atoms with Crippen LogP contribution in [0.15, 0.2) is 37.5 Å². The number of hydrogen-bond donors (Lipinski definition) is 0. The lowest BCUT2D eigenvalue weighted by molar-refractivity contribution is 0.571. The van der Waals surface area contributed by atoms with Crippen LogP contribution in [0, 0.1) is 0 Å². The summed E-state index contributed by atoms with van der Waals surface area (Å²) in [6.45, 7) is 7.39. The molecule has 0 amide bonds. The highest BCUT2D eigenvalue weighted by molar-refractivity contribution is 4.96. The van der Waals surface area contributed by atoms with E-state index in [2.05, 4.69) is 19.2 Å². The third-order valence-corrected chi connectivity index (χ3v) is 2.80. The first-order valence-electron chi connectivity index (χ1n) is 6.80. The van der Waals surface area contributed by atoms with Crippen molar-refractivity contribution in [2.75, 3.05) is 0 Å². The van der Waals surface area contributed by atoms with Gasteiger partial charge in [-0.2, -0.15) is 0 Å².